The van der Waals surface area contributed by atoms with Crippen LogP contribution in [0.3, 0.4) is 0 Å². The number of primary amides is 1. The molecule has 3 aliphatic heterocycles. The number of hydrogen-bond acceptors (Lipinski definition) is 11. The number of fused-ring (bicyclic) bond motifs is 1. The molecule has 3 heterocycles. The highest BCUT2D eigenvalue weighted by atomic mass is 16.8. The Kier molecular flexibility index (Phi) is 15.0. The third-order valence-corrected chi connectivity index (χ3v) is 9.70. The van der Waals surface area contributed by atoms with Crippen molar-refractivity contribution < 1.29 is 47.8 Å². The Labute approximate surface area is 315 Å². The van der Waals surface area contributed by atoms with Gasteiger partial charge in [0.05, 0.1) is 12.1 Å². The van der Waals surface area contributed by atoms with Gasteiger partial charge in [0, 0.05) is 50.4 Å². The molecule has 16 nitrogen and oxygen atoms in total. The van der Waals surface area contributed by atoms with Crippen LogP contribution >= 0.6 is 0 Å². The molecule has 4 rings (SSSR count). The Morgan fingerprint density at radius 1 is 0.944 bits per heavy atom. The number of nitrogens with zero attached hydrogens (tertiary/aromatic N) is 1. The summed E-state index contributed by atoms with van der Waals surface area (Å²) in [5.74, 6) is -4.53. The van der Waals surface area contributed by atoms with Gasteiger partial charge in [0.25, 0.3) is 11.8 Å². The molecule has 0 saturated carbocycles. The highest BCUT2D eigenvalue weighted by Gasteiger charge is 2.57. The number of ketones is 2. The largest absolute Gasteiger partial charge is 0.352 e. The van der Waals surface area contributed by atoms with Crippen molar-refractivity contribution >= 4 is 41.2 Å². The SMILES string of the molecule is CC(C)[C@@H](CC(=O)C1OC2OC(C)(C)OC2C1NC(=O)CCCCN1C(=O)C=CC1=O)C(=O)NC(CCCNC(N)=O)C(=O)Cc1ccc(CCN)cc1. The standard InChI is InChI=1S/C38H54N6O10/c1-22(2)25(35(50)42-26(8-7-18-41-37(40)51)27(45)20-24-12-10-23(11-13-24)16-17-39)21-28(46)33-32(34-36(52-33)54-38(3,4)53-34)43-29(47)9-5-6-19-44-30(48)14-15-31(44)49/h10-15,22,25-26,32-34,36H,5-9,16-21,39H2,1-4H3,(H,42,50)(H,43,47)(H3,40,41,51)/t25-,26?,32?,33?,34?,36?/m1/s1. The van der Waals surface area contributed by atoms with E-state index >= 15 is 0 Å². The summed E-state index contributed by atoms with van der Waals surface area (Å²) in [6.45, 7) is 7.87. The lowest BCUT2D eigenvalue weighted by Crippen LogP contribution is -2.51. The fourth-order valence-corrected chi connectivity index (χ4v) is 6.80. The first-order valence-corrected chi connectivity index (χ1v) is 18.6. The van der Waals surface area contributed by atoms with Crippen LogP contribution in [0.4, 0.5) is 4.79 Å². The molecule has 7 N–H and O–H groups in total. The number of unbranched alkanes of at least 4 members (excludes halogenated alkanes) is 1. The summed E-state index contributed by atoms with van der Waals surface area (Å²) in [5.41, 5.74) is 12.7. The number of carbonyl (C=O) groups excluding carboxylic acids is 7. The van der Waals surface area contributed by atoms with E-state index in [9.17, 15) is 33.6 Å². The summed E-state index contributed by atoms with van der Waals surface area (Å²) in [6.07, 6.45) is 1.45. The van der Waals surface area contributed by atoms with Crippen molar-refractivity contribution in [2.24, 2.45) is 23.3 Å². The minimum atomic E-state index is -1.18. The molecule has 296 valence electrons. The minimum absolute atomic E-state index is 0.0575. The van der Waals surface area contributed by atoms with Crippen molar-refractivity contribution in [2.75, 3.05) is 19.6 Å². The molecule has 0 aliphatic carbocycles. The average molecular weight is 755 g/mol. The van der Waals surface area contributed by atoms with Gasteiger partial charge in [0.15, 0.2) is 23.6 Å². The van der Waals surface area contributed by atoms with Gasteiger partial charge in [0.1, 0.15) is 12.2 Å². The highest BCUT2D eigenvalue weighted by Crippen LogP contribution is 2.38. The van der Waals surface area contributed by atoms with Crippen LogP contribution < -0.4 is 27.4 Å². The van der Waals surface area contributed by atoms with Crippen molar-refractivity contribution in [1.29, 1.82) is 0 Å². The molecule has 0 bridgehead atoms. The number of ether oxygens (including phenoxy) is 3. The van der Waals surface area contributed by atoms with Crippen molar-refractivity contribution in [3.05, 3.63) is 47.5 Å². The Hall–Kier alpha value is -4.51. The Morgan fingerprint density at radius 3 is 2.24 bits per heavy atom. The summed E-state index contributed by atoms with van der Waals surface area (Å²) < 4.78 is 17.9. The lowest BCUT2D eigenvalue weighted by molar-refractivity contribution is -0.208. The van der Waals surface area contributed by atoms with Gasteiger partial charge in [-0.2, -0.15) is 0 Å². The fraction of sp³-hybridized carbons (Fsp3) is 0.605. The molecule has 2 saturated heterocycles. The molecule has 16 heteroatoms. The fourth-order valence-electron chi connectivity index (χ4n) is 6.80. The van der Waals surface area contributed by atoms with E-state index in [4.69, 9.17) is 25.7 Å². The van der Waals surface area contributed by atoms with Crippen LogP contribution in [0.25, 0.3) is 0 Å². The monoisotopic (exact) mass is 754 g/mol. The predicted molar refractivity (Wildman–Crippen MR) is 195 cm³/mol. The van der Waals surface area contributed by atoms with Crippen LogP contribution in [0.2, 0.25) is 0 Å². The second-order valence-electron chi connectivity index (χ2n) is 14.8. The summed E-state index contributed by atoms with van der Waals surface area (Å²) in [4.78, 5) is 90.5. The lowest BCUT2D eigenvalue weighted by atomic mass is 9.86. The summed E-state index contributed by atoms with van der Waals surface area (Å²) in [5, 5.41) is 8.24. The van der Waals surface area contributed by atoms with E-state index in [0.717, 1.165) is 16.0 Å². The third kappa shape index (κ3) is 11.7. The number of Topliss-reactive ketones (excluding diaryl/α,β-unsaturated/α-hetero) is 2. The number of carbonyl (C=O) groups is 7. The zero-order valence-corrected chi connectivity index (χ0v) is 31.5. The van der Waals surface area contributed by atoms with Crippen molar-refractivity contribution in [3.8, 4) is 0 Å². The maximum atomic E-state index is 14.0. The normalized spacial score (nSPS) is 22.6. The molecule has 0 aromatic heterocycles. The van der Waals surface area contributed by atoms with Gasteiger partial charge >= 0.3 is 6.03 Å². The van der Waals surface area contributed by atoms with Crippen LogP contribution in [0.1, 0.15) is 77.3 Å². The number of nitrogens with one attached hydrogen (secondary N) is 3. The zero-order chi connectivity index (χ0) is 39.6. The Morgan fingerprint density at radius 2 is 1.61 bits per heavy atom. The number of urea groups is 1. The van der Waals surface area contributed by atoms with E-state index < -0.39 is 71.8 Å². The average Bonchev–Trinajstić information content (AvgIpc) is 3.71. The highest BCUT2D eigenvalue weighted by molar-refractivity contribution is 6.12. The van der Waals surface area contributed by atoms with Gasteiger partial charge in [0.2, 0.25) is 11.8 Å². The number of rotatable bonds is 21. The van der Waals surface area contributed by atoms with E-state index in [1.54, 1.807) is 27.7 Å². The summed E-state index contributed by atoms with van der Waals surface area (Å²) in [7, 11) is 0. The topological polar surface area (TPSA) is 239 Å². The van der Waals surface area contributed by atoms with E-state index in [0.29, 0.717) is 32.2 Å². The van der Waals surface area contributed by atoms with Gasteiger partial charge in [-0.3, -0.25) is 33.7 Å². The molecule has 5 unspecified atom stereocenters. The first-order chi connectivity index (χ1) is 25.6. The van der Waals surface area contributed by atoms with Gasteiger partial charge in [-0.15, -0.1) is 0 Å². The Bertz CT molecular complexity index is 1560. The number of imide groups is 1. The lowest BCUT2D eigenvalue weighted by Gasteiger charge is -2.28. The number of benzene rings is 1. The maximum absolute atomic E-state index is 14.0. The molecule has 1 aromatic rings. The van der Waals surface area contributed by atoms with Crippen LogP contribution in [0.15, 0.2) is 36.4 Å². The van der Waals surface area contributed by atoms with E-state index in [1.165, 1.54) is 12.2 Å². The molecule has 3 aliphatic rings. The number of nitrogens with two attached hydrogens (primary N) is 2. The summed E-state index contributed by atoms with van der Waals surface area (Å²) >= 11 is 0. The van der Waals surface area contributed by atoms with Crippen LogP contribution in [-0.4, -0.2) is 102 Å². The molecular formula is C38H54N6O10. The second-order valence-corrected chi connectivity index (χ2v) is 14.8. The van der Waals surface area contributed by atoms with E-state index in [1.807, 2.05) is 24.3 Å². The third-order valence-electron chi connectivity index (χ3n) is 9.70. The van der Waals surface area contributed by atoms with Gasteiger partial charge in [-0.1, -0.05) is 38.1 Å². The van der Waals surface area contributed by atoms with Crippen LogP contribution in [0, 0.1) is 11.8 Å². The van der Waals surface area contributed by atoms with Gasteiger partial charge in [-0.05, 0) is 69.5 Å². The van der Waals surface area contributed by atoms with Crippen molar-refractivity contribution in [2.45, 2.75) is 115 Å². The molecule has 54 heavy (non-hydrogen) atoms. The van der Waals surface area contributed by atoms with Gasteiger partial charge < -0.3 is 41.6 Å². The minimum Gasteiger partial charge on any atom is -0.352 e. The van der Waals surface area contributed by atoms with Crippen LogP contribution in [0.5, 0.6) is 0 Å². The molecule has 1 aromatic carbocycles. The maximum Gasteiger partial charge on any atom is 0.312 e. The molecule has 0 spiro atoms. The quantitative estimate of drug-likeness (QED) is 0.0874. The number of hydrogen-bond donors (Lipinski definition) is 5. The smallest absolute Gasteiger partial charge is 0.312 e. The first kappa shape index (κ1) is 42.2. The molecular weight excluding hydrogens is 700 g/mol. The zero-order valence-electron chi connectivity index (χ0n) is 31.5. The molecule has 6 amide bonds. The van der Waals surface area contributed by atoms with Gasteiger partial charge in [-0.25, -0.2) is 4.79 Å². The number of amides is 6. The Balaban J connectivity index is 1.41. The predicted octanol–water partition coefficient (Wildman–Crippen LogP) is 0.921. The molecule has 0 radical (unpaired) electrons. The van der Waals surface area contributed by atoms with E-state index in [-0.39, 0.29) is 56.4 Å². The van der Waals surface area contributed by atoms with Crippen LogP contribution in [-0.2, 0) is 55.8 Å². The van der Waals surface area contributed by atoms with Crippen molar-refractivity contribution in [3.63, 3.8) is 0 Å². The van der Waals surface area contributed by atoms with Crippen molar-refractivity contribution in [1.82, 2.24) is 20.9 Å². The first-order valence-electron chi connectivity index (χ1n) is 18.6. The molecule has 2 fully saturated rings. The molecule has 6 atom stereocenters. The second kappa shape index (κ2) is 19.2. The van der Waals surface area contributed by atoms with E-state index in [2.05, 4.69) is 16.0 Å². The summed E-state index contributed by atoms with van der Waals surface area (Å²) in [6, 6.07) is 5.01.